The minimum absolute atomic E-state index is 0.517. The van der Waals surface area contributed by atoms with Crippen molar-refractivity contribution >= 4 is 17.2 Å². The molecule has 0 amide bonds. The number of aromatic nitrogens is 1. The summed E-state index contributed by atoms with van der Waals surface area (Å²) < 4.78 is 0. The second-order valence-electron chi connectivity index (χ2n) is 4.44. The van der Waals surface area contributed by atoms with Crippen LogP contribution in [0, 0.1) is 6.92 Å². The average molecular weight is 211 g/mol. The molecule has 2 nitrogen and oxygen atoms in total. The summed E-state index contributed by atoms with van der Waals surface area (Å²) >= 11 is 0. The van der Waals surface area contributed by atoms with Crippen LogP contribution in [0.4, 0.5) is 0 Å². The van der Waals surface area contributed by atoms with Gasteiger partial charge in [-0.1, -0.05) is 18.2 Å². The topological polar surface area (TPSA) is 30.0 Å². The SMILES string of the molecule is Cc1c(C=O)c(C2CC2)nc2ccccc12. The van der Waals surface area contributed by atoms with E-state index in [9.17, 15) is 4.79 Å². The molecule has 3 rings (SSSR count). The number of fused-ring (bicyclic) bond motifs is 1. The van der Waals surface area contributed by atoms with Gasteiger partial charge in [-0.3, -0.25) is 9.78 Å². The number of nitrogens with zero attached hydrogens (tertiary/aromatic N) is 1. The number of aryl methyl sites for hydroxylation is 1. The highest BCUT2D eigenvalue weighted by atomic mass is 16.1. The molecule has 0 spiro atoms. The molecule has 1 heterocycles. The van der Waals surface area contributed by atoms with Crippen LogP contribution in [0.2, 0.25) is 0 Å². The van der Waals surface area contributed by atoms with Crippen molar-refractivity contribution in [2.24, 2.45) is 0 Å². The Morgan fingerprint density at radius 3 is 2.75 bits per heavy atom. The van der Waals surface area contributed by atoms with Crippen molar-refractivity contribution in [3.8, 4) is 0 Å². The third-order valence-corrected chi connectivity index (χ3v) is 3.31. The van der Waals surface area contributed by atoms with Crippen molar-refractivity contribution in [3.63, 3.8) is 0 Å². The summed E-state index contributed by atoms with van der Waals surface area (Å²) in [6, 6.07) is 8.03. The Bertz CT molecular complexity index is 570. The average Bonchev–Trinajstić information content (AvgIpc) is 3.13. The van der Waals surface area contributed by atoms with E-state index < -0.39 is 0 Å². The zero-order valence-electron chi connectivity index (χ0n) is 9.23. The molecule has 1 aliphatic carbocycles. The Hall–Kier alpha value is -1.70. The van der Waals surface area contributed by atoms with Crippen LogP contribution in [0.1, 0.15) is 40.4 Å². The lowest BCUT2D eigenvalue weighted by Crippen LogP contribution is -2.00. The quantitative estimate of drug-likeness (QED) is 0.714. The molecule has 0 radical (unpaired) electrons. The summed E-state index contributed by atoms with van der Waals surface area (Å²) in [7, 11) is 0. The fourth-order valence-electron chi connectivity index (χ4n) is 2.23. The Labute approximate surface area is 94.3 Å². The molecule has 16 heavy (non-hydrogen) atoms. The van der Waals surface area contributed by atoms with Crippen molar-refractivity contribution in [2.45, 2.75) is 25.7 Å². The molecule has 2 heteroatoms. The normalized spacial score (nSPS) is 15.3. The molecular weight excluding hydrogens is 198 g/mol. The molecule has 0 bridgehead atoms. The number of rotatable bonds is 2. The second kappa shape index (κ2) is 3.41. The first kappa shape index (κ1) is 9.52. The maximum atomic E-state index is 11.2. The van der Waals surface area contributed by atoms with Crippen molar-refractivity contribution in [3.05, 3.63) is 41.1 Å². The molecule has 0 aliphatic heterocycles. The number of benzene rings is 1. The first-order valence-corrected chi connectivity index (χ1v) is 5.65. The van der Waals surface area contributed by atoms with E-state index in [1.165, 1.54) is 12.8 Å². The zero-order valence-corrected chi connectivity index (χ0v) is 9.23. The van der Waals surface area contributed by atoms with Gasteiger partial charge in [-0.25, -0.2) is 0 Å². The van der Waals surface area contributed by atoms with Crippen molar-refractivity contribution < 1.29 is 4.79 Å². The van der Waals surface area contributed by atoms with Crippen LogP contribution in [0.25, 0.3) is 10.9 Å². The van der Waals surface area contributed by atoms with Gasteiger partial charge in [-0.2, -0.15) is 0 Å². The zero-order chi connectivity index (χ0) is 11.1. The summed E-state index contributed by atoms with van der Waals surface area (Å²) in [6.07, 6.45) is 3.31. The van der Waals surface area contributed by atoms with Gasteiger partial charge in [0.25, 0.3) is 0 Å². The molecule has 1 aromatic heterocycles. The lowest BCUT2D eigenvalue weighted by Gasteiger charge is -2.09. The van der Waals surface area contributed by atoms with E-state index in [0.29, 0.717) is 5.92 Å². The minimum atomic E-state index is 0.517. The van der Waals surface area contributed by atoms with Crippen LogP contribution >= 0.6 is 0 Å². The number of carbonyl (C=O) groups excluding carboxylic acids is 1. The highest BCUT2D eigenvalue weighted by molar-refractivity contribution is 5.91. The predicted molar refractivity (Wildman–Crippen MR) is 63.8 cm³/mol. The summed E-state index contributed by atoms with van der Waals surface area (Å²) in [5.74, 6) is 0.517. The maximum Gasteiger partial charge on any atom is 0.152 e. The van der Waals surface area contributed by atoms with Crippen molar-refractivity contribution in [1.29, 1.82) is 0 Å². The number of pyridine rings is 1. The van der Waals surface area contributed by atoms with Crippen LogP contribution in [0.3, 0.4) is 0 Å². The standard InChI is InChI=1S/C14H13NO/c1-9-11-4-2-3-5-13(11)15-14(10-6-7-10)12(9)8-16/h2-5,8,10H,6-7H2,1H3. The molecule has 0 atom stereocenters. The van der Waals surface area contributed by atoms with Crippen molar-refractivity contribution in [1.82, 2.24) is 4.98 Å². The fraction of sp³-hybridized carbons (Fsp3) is 0.286. The molecule has 80 valence electrons. The monoisotopic (exact) mass is 211 g/mol. The highest BCUT2D eigenvalue weighted by Crippen LogP contribution is 2.41. The van der Waals surface area contributed by atoms with E-state index in [0.717, 1.165) is 34.0 Å². The number of para-hydroxylation sites is 1. The summed E-state index contributed by atoms with van der Waals surface area (Å²) in [5, 5.41) is 1.09. The molecule has 0 saturated heterocycles. The Balaban J connectivity index is 2.37. The molecule has 1 saturated carbocycles. The molecule has 0 N–H and O–H groups in total. The van der Waals surface area contributed by atoms with Gasteiger partial charge in [0.05, 0.1) is 11.2 Å². The maximum absolute atomic E-state index is 11.2. The van der Waals surface area contributed by atoms with E-state index in [-0.39, 0.29) is 0 Å². The lowest BCUT2D eigenvalue weighted by atomic mass is 10.0. The second-order valence-corrected chi connectivity index (χ2v) is 4.44. The van der Waals surface area contributed by atoms with Crippen molar-refractivity contribution in [2.75, 3.05) is 0 Å². The first-order chi connectivity index (χ1) is 7.81. The number of carbonyl (C=O) groups is 1. The van der Waals surface area contributed by atoms with Gasteiger partial charge in [0.15, 0.2) is 6.29 Å². The number of aldehydes is 1. The molecular formula is C14H13NO. The minimum Gasteiger partial charge on any atom is -0.298 e. The van der Waals surface area contributed by atoms with Gasteiger partial charge in [0.2, 0.25) is 0 Å². The lowest BCUT2D eigenvalue weighted by molar-refractivity contribution is 0.112. The number of hydrogen-bond acceptors (Lipinski definition) is 2. The van der Waals surface area contributed by atoms with Gasteiger partial charge < -0.3 is 0 Å². The van der Waals surface area contributed by atoms with E-state index in [4.69, 9.17) is 0 Å². The predicted octanol–water partition coefficient (Wildman–Crippen LogP) is 3.23. The molecule has 1 aromatic carbocycles. The third-order valence-electron chi connectivity index (χ3n) is 3.31. The largest absolute Gasteiger partial charge is 0.298 e. The van der Waals surface area contributed by atoms with Crippen LogP contribution in [-0.4, -0.2) is 11.3 Å². The Morgan fingerprint density at radius 1 is 1.31 bits per heavy atom. The van der Waals surface area contributed by atoms with Gasteiger partial charge in [0, 0.05) is 16.9 Å². The van der Waals surface area contributed by atoms with Gasteiger partial charge in [0.1, 0.15) is 0 Å². The van der Waals surface area contributed by atoms with E-state index >= 15 is 0 Å². The Kier molecular flexibility index (Phi) is 2.03. The van der Waals surface area contributed by atoms with E-state index in [1.807, 2.05) is 31.2 Å². The van der Waals surface area contributed by atoms with Gasteiger partial charge in [-0.15, -0.1) is 0 Å². The fourth-order valence-corrected chi connectivity index (χ4v) is 2.23. The van der Waals surface area contributed by atoms with Crippen LogP contribution < -0.4 is 0 Å². The summed E-state index contributed by atoms with van der Waals surface area (Å²) in [4.78, 5) is 15.8. The van der Waals surface area contributed by atoms with Crippen LogP contribution in [0.5, 0.6) is 0 Å². The molecule has 1 fully saturated rings. The highest BCUT2D eigenvalue weighted by Gasteiger charge is 2.28. The van der Waals surface area contributed by atoms with Gasteiger partial charge >= 0.3 is 0 Å². The smallest absolute Gasteiger partial charge is 0.152 e. The third kappa shape index (κ3) is 1.33. The molecule has 1 aliphatic rings. The molecule has 2 aromatic rings. The summed E-state index contributed by atoms with van der Waals surface area (Å²) in [6.45, 7) is 2.01. The summed E-state index contributed by atoms with van der Waals surface area (Å²) in [5.41, 5.74) is 3.89. The first-order valence-electron chi connectivity index (χ1n) is 5.65. The van der Waals surface area contributed by atoms with Gasteiger partial charge in [-0.05, 0) is 31.4 Å². The Morgan fingerprint density at radius 2 is 2.06 bits per heavy atom. The van der Waals surface area contributed by atoms with E-state index in [2.05, 4.69) is 4.98 Å². The molecule has 0 unspecified atom stereocenters. The van der Waals surface area contributed by atoms with Crippen LogP contribution in [0.15, 0.2) is 24.3 Å². The number of hydrogen-bond donors (Lipinski definition) is 0. The van der Waals surface area contributed by atoms with E-state index in [1.54, 1.807) is 0 Å². The van der Waals surface area contributed by atoms with Crippen LogP contribution in [-0.2, 0) is 0 Å².